The molecule has 0 saturated carbocycles. The summed E-state index contributed by atoms with van der Waals surface area (Å²) >= 11 is 4.12. The van der Waals surface area contributed by atoms with Crippen LogP contribution in [-0.2, 0) is 11.2 Å². The highest BCUT2D eigenvalue weighted by atomic mass is 32.1. The number of amides is 1. The first-order valence-electron chi connectivity index (χ1n) is 8.54. The lowest BCUT2D eigenvalue weighted by molar-refractivity contribution is -0.131. The summed E-state index contributed by atoms with van der Waals surface area (Å²) < 4.78 is 10.8. The Bertz CT molecular complexity index is 711. The van der Waals surface area contributed by atoms with Gasteiger partial charge >= 0.3 is 0 Å². The van der Waals surface area contributed by atoms with Crippen molar-refractivity contribution in [1.82, 2.24) is 15.0 Å². The zero-order valence-electron chi connectivity index (χ0n) is 14.4. The van der Waals surface area contributed by atoms with Crippen LogP contribution in [0.3, 0.4) is 0 Å². The van der Waals surface area contributed by atoms with Gasteiger partial charge < -0.3 is 14.2 Å². The molecule has 2 aromatic rings. The predicted molar refractivity (Wildman–Crippen MR) is 97.1 cm³/mol. The number of benzene rings is 1. The van der Waals surface area contributed by atoms with Crippen molar-refractivity contribution in [3.8, 4) is 5.75 Å². The van der Waals surface area contributed by atoms with Gasteiger partial charge in [-0.25, -0.2) is 0 Å². The first kappa shape index (κ1) is 17.8. The number of hydrogen-bond donors (Lipinski definition) is 1. The van der Waals surface area contributed by atoms with Crippen molar-refractivity contribution in [2.75, 3.05) is 26.0 Å². The Morgan fingerprint density at radius 1 is 1.36 bits per heavy atom. The summed E-state index contributed by atoms with van der Waals surface area (Å²) in [6.07, 6.45) is 2.79. The number of ether oxygens (including phenoxy) is 1. The lowest BCUT2D eigenvalue weighted by atomic mass is 9.96. The average molecular weight is 361 g/mol. The Hall–Kier alpha value is -2.02. The summed E-state index contributed by atoms with van der Waals surface area (Å²) in [5.74, 6) is 3.15. The Labute approximate surface area is 153 Å². The van der Waals surface area contributed by atoms with Gasteiger partial charge in [-0.05, 0) is 24.7 Å². The quantitative estimate of drug-likeness (QED) is 0.801. The van der Waals surface area contributed by atoms with Crippen molar-refractivity contribution in [2.24, 2.45) is 0 Å². The molecule has 25 heavy (non-hydrogen) atoms. The second kappa shape index (κ2) is 8.38. The Kier molecular flexibility index (Phi) is 5.96. The third-order valence-corrected chi connectivity index (χ3v) is 4.77. The highest BCUT2D eigenvalue weighted by molar-refractivity contribution is 7.80. The molecule has 0 N–H and O–H groups in total. The monoisotopic (exact) mass is 361 g/mol. The van der Waals surface area contributed by atoms with Crippen LogP contribution in [0.5, 0.6) is 5.75 Å². The molecule has 3 rings (SSSR count). The van der Waals surface area contributed by atoms with E-state index >= 15 is 0 Å². The minimum atomic E-state index is 0.177. The molecule has 1 aliphatic rings. The minimum absolute atomic E-state index is 0.177. The number of likely N-dealkylation sites (tertiary alicyclic amines) is 1. The maximum Gasteiger partial charge on any atom is 0.229 e. The molecule has 1 fully saturated rings. The molecule has 1 aliphatic heterocycles. The lowest BCUT2D eigenvalue weighted by Crippen LogP contribution is -2.38. The highest BCUT2D eigenvalue weighted by Gasteiger charge is 2.27. The van der Waals surface area contributed by atoms with Crippen LogP contribution < -0.4 is 4.74 Å². The number of rotatable bonds is 6. The van der Waals surface area contributed by atoms with Gasteiger partial charge in [0.05, 0.1) is 7.11 Å². The van der Waals surface area contributed by atoms with Gasteiger partial charge in [-0.3, -0.25) is 4.79 Å². The summed E-state index contributed by atoms with van der Waals surface area (Å²) in [5.41, 5.74) is 1.03. The van der Waals surface area contributed by atoms with Crippen LogP contribution in [0.1, 0.15) is 42.5 Å². The minimum Gasteiger partial charge on any atom is -0.496 e. The smallest absolute Gasteiger partial charge is 0.229 e. The molecule has 7 heteroatoms. The van der Waals surface area contributed by atoms with Gasteiger partial charge in [0.1, 0.15) is 5.75 Å². The van der Waals surface area contributed by atoms with E-state index in [9.17, 15) is 4.79 Å². The van der Waals surface area contributed by atoms with Crippen molar-refractivity contribution in [2.45, 2.75) is 31.6 Å². The fraction of sp³-hybridized carbons (Fsp3) is 0.500. The molecular weight excluding hydrogens is 338 g/mol. The summed E-state index contributed by atoms with van der Waals surface area (Å²) in [5, 5.41) is 4.11. The molecule has 1 aromatic carbocycles. The van der Waals surface area contributed by atoms with E-state index in [0.717, 1.165) is 37.2 Å². The molecular formula is C18H23N3O3S. The van der Waals surface area contributed by atoms with E-state index in [1.54, 1.807) is 7.11 Å². The third-order valence-electron chi connectivity index (χ3n) is 4.55. The molecule has 0 radical (unpaired) electrons. The third kappa shape index (κ3) is 4.34. The van der Waals surface area contributed by atoms with Crippen LogP contribution in [0, 0.1) is 0 Å². The molecule has 0 spiro atoms. The van der Waals surface area contributed by atoms with Gasteiger partial charge in [-0.2, -0.15) is 17.6 Å². The van der Waals surface area contributed by atoms with Crippen LogP contribution in [-0.4, -0.2) is 46.9 Å². The predicted octanol–water partition coefficient (Wildman–Crippen LogP) is 2.69. The van der Waals surface area contributed by atoms with Crippen LogP contribution in [0.15, 0.2) is 28.8 Å². The van der Waals surface area contributed by atoms with Crippen molar-refractivity contribution in [1.29, 1.82) is 0 Å². The summed E-state index contributed by atoms with van der Waals surface area (Å²) in [6.45, 7) is 1.48. The fourth-order valence-corrected chi connectivity index (χ4v) is 3.35. The second-order valence-electron chi connectivity index (χ2n) is 6.17. The van der Waals surface area contributed by atoms with E-state index in [1.807, 2.05) is 29.2 Å². The number of hydrogen-bond acceptors (Lipinski definition) is 6. The molecule has 1 saturated heterocycles. The van der Waals surface area contributed by atoms with Crippen molar-refractivity contribution < 1.29 is 14.1 Å². The van der Waals surface area contributed by atoms with Gasteiger partial charge in [0.2, 0.25) is 11.8 Å². The normalized spacial score (nSPS) is 15.4. The van der Waals surface area contributed by atoms with Gasteiger partial charge in [-0.1, -0.05) is 23.4 Å². The maximum atomic E-state index is 11.9. The largest absolute Gasteiger partial charge is 0.496 e. The van der Waals surface area contributed by atoms with E-state index in [-0.39, 0.29) is 11.8 Å². The standard InChI is InChI=1S/C18H23N3O3S/c1-23-15-5-3-2-4-14(15)12-16-19-18(24-20-16)13-6-9-21(10-7-13)17(22)8-11-25/h2-5,13,25H,6-12H2,1H3. The van der Waals surface area contributed by atoms with Crippen molar-refractivity contribution in [3.05, 3.63) is 41.5 Å². The SMILES string of the molecule is COc1ccccc1Cc1noc(C2CCN(C(=O)CCS)CC2)n1. The first-order valence-corrected chi connectivity index (χ1v) is 9.17. The molecule has 0 aliphatic carbocycles. The number of carbonyl (C=O) groups excluding carboxylic acids is 1. The van der Waals surface area contributed by atoms with Crippen LogP contribution in [0.4, 0.5) is 0 Å². The van der Waals surface area contributed by atoms with E-state index in [0.29, 0.717) is 30.3 Å². The number of aromatic nitrogens is 2. The van der Waals surface area contributed by atoms with E-state index < -0.39 is 0 Å². The maximum absolute atomic E-state index is 11.9. The number of methoxy groups -OCH3 is 1. The van der Waals surface area contributed by atoms with Gasteiger partial charge in [-0.15, -0.1) is 0 Å². The molecule has 1 aromatic heterocycles. The zero-order chi connectivity index (χ0) is 17.6. The van der Waals surface area contributed by atoms with E-state index in [4.69, 9.17) is 9.26 Å². The fourth-order valence-electron chi connectivity index (χ4n) is 3.15. The molecule has 0 atom stereocenters. The Balaban J connectivity index is 1.60. The topological polar surface area (TPSA) is 68.5 Å². The number of nitrogens with zero attached hydrogens (tertiary/aromatic N) is 3. The van der Waals surface area contributed by atoms with Gasteiger partial charge in [0.15, 0.2) is 5.82 Å². The Morgan fingerprint density at radius 2 is 2.12 bits per heavy atom. The molecule has 2 heterocycles. The van der Waals surface area contributed by atoms with Gasteiger partial charge in [0, 0.05) is 37.4 Å². The van der Waals surface area contributed by atoms with Crippen molar-refractivity contribution >= 4 is 18.5 Å². The Morgan fingerprint density at radius 3 is 2.84 bits per heavy atom. The molecule has 0 bridgehead atoms. The number of piperidine rings is 1. The summed E-state index contributed by atoms with van der Waals surface area (Å²) in [7, 11) is 1.66. The number of carbonyl (C=O) groups is 1. The van der Waals surface area contributed by atoms with Crippen LogP contribution in [0.2, 0.25) is 0 Å². The lowest BCUT2D eigenvalue weighted by Gasteiger charge is -2.30. The van der Waals surface area contributed by atoms with E-state index in [1.165, 1.54) is 0 Å². The molecule has 1 amide bonds. The zero-order valence-corrected chi connectivity index (χ0v) is 15.2. The van der Waals surface area contributed by atoms with Crippen LogP contribution >= 0.6 is 12.6 Å². The summed E-state index contributed by atoms with van der Waals surface area (Å²) in [4.78, 5) is 18.4. The van der Waals surface area contributed by atoms with Crippen LogP contribution in [0.25, 0.3) is 0 Å². The highest BCUT2D eigenvalue weighted by Crippen LogP contribution is 2.28. The number of thiol groups is 1. The molecule has 6 nitrogen and oxygen atoms in total. The average Bonchev–Trinajstić information content (AvgIpc) is 3.11. The van der Waals surface area contributed by atoms with Gasteiger partial charge in [0.25, 0.3) is 0 Å². The molecule has 134 valence electrons. The first-order chi connectivity index (χ1) is 12.2. The van der Waals surface area contributed by atoms with E-state index in [2.05, 4.69) is 22.8 Å². The molecule has 0 unspecified atom stereocenters. The second-order valence-corrected chi connectivity index (χ2v) is 6.61. The number of para-hydroxylation sites is 1. The van der Waals surface area contributed by atoms with Crippen molar-refractivity contribution in [3.63, 3.8) is 0 Å². The summed E-state index contributed by atoms with van der Waals surface area (Å²) in [6, 6.07) is 7.83.